The maximum absolute atomic E-state index is 10.6. The van der Waals surface area contributed by atoms with Crippen molar-refractivity contribution < 1.29 is 9.90 Å². The van der Waals surface area contributed by atoms with E-state index in [9.17, 15) is 9.90 Å². The summed E-state index contributed by atoms with van der Waals surface area (Å²) in [6, 6.07) is 3.21. The third-order valence-electron chi connectivity index (χ3n) is 2.05. The Kier molecular flexibility index (Phi) is 2.22. The summed E-state index contributed by atoms with van der Waals surface area (Å²) in [7, 11) is 0. The maximum atomic E-state index is 10.6. The molecule has 0 unspecified atom stereocenters. The van der Waals surface area contributed by atoms with E-state index in [1.54, 1.807) is 11.5 Å². The standard InChI is InChI=1S/C9H13NO2/c1-6-4-5-7(2)10(6)8(3)9(11)12/h4-5,8H,1-3H3,(H,11,12)/p-1/t8-/m0/s1. The van der Waals surface area contributed by atoms with Gasteiger partial charge in [0.2, 0.25) is 0 Å². The Morgan fingerprint density at radius 3 is 2.17 bits per heavy atom. The van der Waals surface area contributed by atoms with Gasteiger partial charge < -0.3 is 14.5 Å². The van der Waals surface area contributed by atoms with E-state index in [0.29, 0.717) is 0 Å². The molecule has 0 amide bonds. The van der Waals surface area contributed by atoms with Crippen LogP contribution in [0.2, 0.25) is 0 Å². The molecular weight excluding hydrogens is 154 g/mol. The fourth-order valence-electron chi connectivity index (χ4n) is 1.40. The van der Waals surface area contributed by atoms with Gasteiger partial charge in [-0.25, -0.2) is 0 Å². The van der Waals surface area contributed by atoms with Crippen LogP contribution in [0.5, 0.6) is 0 Å². The zero-order valence-electron chi connectivity index (χ0n) is 7.50. The molecule has 0 fully saturated rings. The van der Waals surface area contributed by atoms with E-state index in [2.05, 4.69) is 0 Å². The first kappa shape index (κ1) is 8.84. The van der Waals surface area contributed by atoms with Crippen molar-refractivity contribution in [2.45, 2.75) is 26.8 Å². The molecular formula is C9H12NO2-. The molecule has 1 aromatic rings. The number of nitrogens with zero attached hydrogens (tertiary/aromatic N) is 1. The molecule has 1 aromatic heterocycles. The van der Waals surface area contributed by atoms with Crippen molar-refractivity contribution in [3.05, 3.63) is 23.5 Å². The van der Waals surface area contributed by atoms with Gasteiger partial charge >= 0.3 is 0 Å². The fourth-order valence-corrected chi connectivity index (χ4v) is 1.40. The molecule has 0 N–H and O–H groups in total. The first-order valence-corrected chi connectivity index (χ1v) is 3.89. The lowest BCUT2D eigenvalue weighted by atomic mass is 10.3. The van der Waals surface area contributed by atoms with Crippen LogP contribution >= 0.6 is 0 Å². The summed E-state index contributed by atoms with van der Waals surface area (Å²) >= 11 is 0. The minimum absolute atomic E-state index is 0.583. The van der Waals surface area contributed by atoms with Crippen molar-refractivity contribution in [1.82, 2.24) is 4.57 Å². The molecule has 0 bridgehead atoms. The average Bonchev–Trinajstić information content (AvgIpc) is 2.30. The number of aliphatic carboxylic acids is 1. The Morgan fingerprint density at radius 2 is 1.83 bits per heavy atom. The second-order valence-corrected chi connectivity index (χ2v) is 2.98. The Bertz CT molecular complexity index is 282. The van der Waals surface area contributed by atoms with Crippen molar-refractivity contribution in [3.8, 4) is 0 Å². The van der Waals surface area contributed by atoms with Gasteiger partial charge in [0.1, 0.15) is 0 Å². The predicted molar refractivity (Wildman–Crippen MR) is 43.6 cm³/mol. The predicted octanol–water partition coefficient (Wildman–Crippen LogP) is 0.416. The molecule has 12 heavy (non-hydrogen) atoms. The van der Waals surface area contributed by atoms with Gasteiger partial charge in [0, 0.05) is 11.4 Å². The molecule has 1 atom stereocenters. The van der Waals surface area contributed by atoms with E-state index in [4.69, 9.17) is 0 Å². The Balaban J connectivity index is 3.08. The van der Waals surface area contributed by atoms with Gasteiger partial charge in [0.15, 0.2) is 0 Å². The molecule has 0 aliphatic carbocycles. The molecule has 0 saturated heterocycles. The number of hydrogen-bond acceptors (Lipinski definition) is 2. The molecule has 0 aliphatic rings. The maximum Gasteiger partial charge on any atom is 0.0701 e. The van der Waals surface area contributed by atoms with E-state index in [-0.39, 0.29) is 0 Å². The van der Waals surface area contributed by atoms with Crippen molar-refractivity contribution in [3.63, 3.8) is 0 Å². The molecule has 0 aliphatic heterocycles. The SMILES string of the molecule is Cc1ccc(C)n1[C@@H](C)C(=O)[O-]. The second-order valence-electron chi connectivity index (χ2n) is 2.98. The molecule has 1 rings (SSSR count). The van der Waals surface area contributed by atoms with Gasteiger partial charge in [-0.3, -0.25) is 0 Å². The van der Waals surface area contributed by atoms with E-state index in [1.165, 1.54) is 0 Å². The molecule has 0 radical (unpaired) electrons. The van der Waals surface area contributed by atoms with E-state index >= 15 is 0 Å². The molecule has 3 heteroatoms. The highest BCUT2D eigenvalue weighted by Gasteiger charge is 2.09. The first-order valence-electron chi connectivity index (χ1n) is 3.89. The number of carboxylic acids is 1. The third-order valence-corrected chi connectivity index (χ3v) is 2.05. The lowest BCUT2D eigenvalue weighted by Gasteiger charge is -2.18. The van der Waals surface area contributed by atoms with Crippen LogP contribution in [0.15, 0.2) is 12.1 Å². The lowest BCUT2D eigenvalue weighted by molar-refractivity contribution is -0.309. The number of rotatable bonds is 2. The monoisotopic (exact) mass is 166 g/mol. The summed E-state index contributed by atoms with van der Waals surface area (Å²) in [6.07, 6.45) is 0. The van der Waals surface area contributed by atoms with Crippen LogP contribution in [0.1, 0.15) is 24.4 Å². The van der Waals surface area contributed by atoms with Gasteiger partial charge in [-0.1, -0.05) is 0 Å². The van der Waals surface area contributed by atoms with Crippen LogP contribution in [-0.4, -0.2) is 10.5 Å². The van der Waals surface area contributed by atoms with Crippen molar-refractivity contribution in [2.24, 2.45) is 0 Å². The smallest absolute Gasteiger partial charge is 0.0701 e. The summed E-state index contributed by atoms with van der Waals surface area (Å²) in [5.41, 5.74) is 1.90. The molecule has 66 valence electrons. The van der Waals surface area contributed by atoms with Crippen LogP contribution in [0.25, 0.3) is 0 Å². The van der Waals surface area contributed by atoms with Crippen molar-refractivity contribution >= 4 is 5.97 Å². The van der Waals surface area contributed by atoms with Crippen LogP contribution in [-0.2, 0) is 4.79 Å². The number of aryl methyl sites for hydroxylation is 2. The summed E-state index contributed by atoms with van der Waals surface area (Å²) in [4.78, 5) is 10.6. The van der Waals surface area contributed by atoms with Gasteiger partial charge in [-0.05, 0) is 32.9 Å². The fraction of sp³-hybridized carbons (Fsp3) is 0.444. The number of hydrogen-bond donors (Lipinski definition) is 0. The van der Waals surface area contributed by atoms with Crippen molar-refractivity contribution in [2.75, 3.05) is 0 Å². The molecule has 1 heterocycles. The zero-order valence-corrected chi connectivity index (χ0v) is 7.50. The first-order chi connectivity index (χ1) is 5.54. The highest BCUT2D eigenvalue weighted by atomic mass is 16.4. The summed E-state index contributed by atoms with van der Waals surface area (Å²) in [5, 5.41) is 10.6. The molecule has 0 aromatic carbocycles. The summed E-state index contributed by atoms with van der Waals surface area (Å²) in [6.45, 7) is 5.38. The molecule has 3 nitrogen and oxygen atoms in total. The minimum Gasteiger partial charge on any atom is -0.548 e. The van der Waals surface area contributed by atoms with Gasteiger partial charge in [-0.15, -0.1) is 0 Å². The minimum atomic E-state index is -1.04. The summed E-state index contributed by atoms with van der Waals surface area (Å²) < 4.78 is 1.75. The Hall–Kier alpha value is -1.25. The van der Waals surface area contributed by atoms with Gasteiger partial charge in [0.05, 0.1) is 12.0 Å². The van der Waals surface area contributed by atoms with Crippen LogP contribution < -0.4 is 5.11 Å². The Morgan fingerprint density at radius 1 is 1.42 bits per heavy atom. The highest BCUT2D eigenvalue weighted by Crippen LogP contribution is 2.14. The van der Waals surface area contributed by atoms with Gasteiger partial charge in [0.25, 0.3) is 0 Å². The zero-order chi connectivity index (χ0) is 9.30. The number of aromatic nitrogens is 1. The van der Waals surface area contributed by atoms with Crippen LogP contribution in [0.4, 0.5) is 0 Å². The third kappa shape index (κ3) is 1.35. The average molecular weight is 166 g/mol. The lowest BCUT2D eigenvalue weighted by Crippen LogP contribution is -2.32. The number of carbonyl (C=O) groups is 1. The quantitative estimate of drug-likeness (QED) is 0.639. The van der Waals surface area contributed by atoms with Crippen molar-refractivity contribution in [1.29, 1.82) is 0 Å². The Labute approximate surface area is 71.6 Å². The highest BCUT2D eigenvalue weighted by molar-refractivity contribution is 5.69. The largest absolute Gasteiger partial charge is 0.548 e. The normalized spacial score (nSPS) is 12.9. The second kappa shape index (κ2) is 3.01. The number of carboxylic acid groups (broad SMARTS) is 1. The van der Waals surface area contributed by atoms with E-state index in [0.717, 1.165) is 11.4 Å². The van der Waals surface area contributed by atoms with E-state index in [1.807, 2.05) is 26.0 Å². The summed E-state index contributed by atoms with van der Waals surface area (Å²) in [5.74, 6) is -1.04. The van der Waals surface area contributed by atoms with Crippen LogP contribution in [0, 0.1) is 13.8 Å². The van der Waals surface area contributed by atoms with E-state index < -0.39 is 12.0 Å². The topological polar surface area (TPSA) is 45.1 Å². The number of carbonyl (C=O) groups excluding carboxylic acids is 1. The molecule has 0 saturated carbocycles. The van der Waals surface area contributed by atoms with Crippen LogP contribution in [0.3, 0.4) is 0 Å². The molecule has 0 spiro atoms. The van der Waals surface area contributed by atoms with Gasteiger partial charge in [-0.2, -0.15) is 0 Å².